The minimum atomic E-state index is 0.722. The minimum absolute atomic E-state index is 0.722. The lowest BCUT2D eigenvalue weighted by atomic mass is 10.1. The Morgan fingerprint density at radius 2 is 1.83 bits per heavy atom. The summed E-state index contributed by atoms with van der Waals surface area (Å²) in [6, 6.07) is 18.2. The smallest absolute Gasteiger partial charge is 0.137 e. The number of rotatable bonds is 8. The van der Waals surface area contributed by atoms with Gasteiger partial charge >= 0.3 is 0 Å². The molecule has 182 valence electrons. The van der Waals surface area contributed by atoms with Gasteiger partial charge in [-0.15, -0.1) is 0 Å². The van der Waals surface area contributed by atoms with Crippen LogP contribution in [-0.4, -0.2) is 55.3 Å². The van der Waals surface area contributed by atoms with E-state index >= 15 is 0 Å². The lowest BCUT2D eigenvalue weighted by Gasteiger charge is -2.15. The maximum absolute atomic E-state index is 5.92. The van der Waals surface area contributed by atoms with E-state index in [1.54, 1.807) is 4.68 Å². The van der Waals surface area contributed by atoms with Crippen LogP contribution in [0.25, 0.3) is 28.2 Å². The van der Waals surface area contributed by atoms with Gasteiger partial charge in [-0.1, -0.05) is 6.07 Å². The molecule has 0 amide bonds. The van der Waals surface area contributed by atoms with Crippen molar-refractivity contribution in [3.63, 3.8) is 0 Å². The fourth-order valence-corrected chi connectivity index (χ4v) is 4.65. The molecule has 4 aromatic heterocycles. The van der Waals surface area contributed by atoms with Crippen LogP contribution in [0.1, 0.15) is 12.8 Å². The Balaban J connectivity index is 1.14. The van der Waals surface area contributed by atoms with E-state index in [0.717, 1.165) is 58.6 Å². The van der Waals surface area contributed by atoms with Crippen LogP contribution in [0.5, 0.6) is 5.75 Å². The van der Waals surface area contributed by atoms with Gasteiger partial charge in [-0.2, -0.15) is 5.10 Å². The molecule has 1 fully saturated rings. The van der Waals surface area contributed by atoms with Crippen molar-refractivity contribution < 1.29 is 4.74 Å². The standard InChI is InChI=1S/C28H29N7O/c1-33-20-22(18-30-33)21-11-14-35-26(19-29-28(35)17-21)25-5-4-6-27(32-25)31-23-7-9-24(10-8-23)36-16-15-34-12-2-3-13-34/h4-11,14,17-20H,2-3,12-13,15-16H2,1H3,(H,31,32). The van der Waals surface area contributed by atoms with Gasteiger partial charge in [0.2, 0.25) is 0 Å². The first kappa shape index (κ1) is 22.3. The molecule has 8 nitrogen and oxygen atoms in total. The monoisotopic (exact) mass is 479 g/mol. The van der Waals surface area contributed by atoms with E-state index in [-0.39, 0.29) is 0 Å². The second-order valence-corrected chi connectivity index (χ2v) is 9.14. The van der Waals surface area contributed by atoms with Crippen LogP contribution in [0.2, 0.25) is 0 Å². The van der Waals surface area contributed by atoms with Crippen molar-refractivity contribution in [3.8, 4) is 28.3 Å². The van der Waals surface area contributed by atoms with Gasteiger partial charge in [0.15, 0.2) is 0 Å². The quantitative estimate of drug-likeness (QED) is 0.337. The van der Waals surface area contributed by atoms with Gasteiger partial charge in [-0.3, -0.25) is 14.0 Å². The number of nitrogens with one attached hydrogen (secondary N) is 1. The Kier molecular flexibility index (Phi) is 6.09. The number of benzene rings is 1. The van der Waals surface area contributed by atoms with Crippen LogP contribution in [0, 0.1) is 0 Å². The molecule has 0 atom stereocenters. The summed E-state index contributed by atoms with van der Waals surface area (Å²) < 4.78 is 9.78. The third kappa shape index (κ3) is 4.81. The van der Waals surface area contributed by atoms with E-state index in [2.05, 4.69) is 36.8 Å². The molecular weight excluding hydrogens is 450 g/mol. The number of hydrogen-bond acceptors (Lipinski definition) is 6. The molecule has 0 aliphatic carbocycles. The highest BCUT2D eigenvalue weighted by Gasteiger charge is 2.12. The molecule has 0 radical (unpaired) electrons. The molecule has 1 aliphatic rings. The fraction of sp³-hybridized carbons (Fsp3) is 0.250. The van der Waals surface area contributed by atoms with Crippen molar-refractivity contribution in [2.75, 3.05) is 31.6 Å². The van der Waals surface area contributed by atoms with Crippen molar-refractivity contribution in [3.05, 3.63) is 79.4 Å². The summed E-state index contributed by atoms with van der Waals surface area (Å²) >= 11 is 0. The average molecular weight is 480 g/mol. The van der Waals surface area contributed by atoms with Gasteiger partial charge < -0.3 is 10.1 Å². The molecule has 8 heteroatoms. The summed E-state index contributed by atoms with van der Waals surface area (Å²) in [4.78, 5) is 11.9. The Hall–Kier alpha value is -4.17. The molecule has 1 aromatic carbocycles. The maximum atomic E-state index is 5.92. The Morgan fingerprint density at radius 3 is 2.64 bits per heavy atom. The summed E-state index contributed by atoms with van der Waals surface area (Å²) in [7, 11) is 1.92. The summed E-state index contributed by atoms with van der Waals surface area (Å²) in [5, 5.41) is 7.67. The molecule has 5 heterocycles. The SMILES string of the molecule is Cn1cc(-c2ccn3c(-c4cccc(Nc5ccc(OCCN6CCCC6)cc5)n4)cnc3c2)cn1. The van der Waals surface area contributed by atoms with E-state index in [0.29, 0.717) is 0 Å². The second kappa shape index (κ2) is 9.83. The lowest BCUT2D eigenvalue weighted by Crippen LogP contribution is -2.25. The molecule has 0 spiro atoms. The zero-order valence-corrected chi connectivity index (χ0v) is 20.3. The highest BCUT2D eigenvalue weighted by Crippen LogP contribution is 2.26. The zero-order chi connectivity index (χ0) is 24.3. The number of likely N-dealkylation sites (tertiary alicyclic amines) is 1. The second-order valence-electron chi connectivity index (χ2n) is 9.14. The van der Waals surface area contributed by atoms with Crippen molar-refractivity contribution in [2.24, 2.45) is 7.05 Å². The summed E-state index contributed by atoms with van der Waals surface area (Å²) in [5.74, 6) is 1.66. The third-order valence-electron chi connectivity index (χ3n) is 6.56. The Bertz CT molecular complexity index is 1470. The molecule has 0 unspecified atom stereocenters. The van der Waals surface area contributed by atoms with Crippen molar-refractivity contribution in [2.45, 2.75) is 12.8 Å². The predicted octanol–water partition coefficient (Wildman–Crippen LogP) is 5.02. The van der Waals surface area contributed by atoms with Gasteiger partial charge in [0.1, 0.15) is 23.8 Å². The lowest BCUT2D eigenvalue weighted by molar-refractivity contribution is 0.238. The molecule has 0 saturated carbocycles. The van der Waals surface area contributed by atoms with Crippen LogP contribution in [0.15, 0.2) is 79.4 Å². The predicted molar refractivity (Wildman–Crippen MR) is 142 cm³/mol. The van der Waals surface area contributed by atoms with Gasteiger partial charge in [0, 0.05) is 37.2 Å². The van der Waals surface area contributed by atoms with Crippen LogP contribution >= 0.6 is 0 Å². The van der Waals surface area contributed by atoms with Gasteiger partial charge in [0.25, 0.3) is 0 Å². The highest BCUT2D eigenvalue weighted by atomic mass is 16.5. The van der Waals surface area contributed by atoms with E-state index in [1.165, 1.54) is 25.9 Å². The molecule has 6 rings (SSSR count). The third-order valence-corrected chi connectivity index (χ3v) is 6.56. The van der Waals surface area contributed by atoms with Gasteiger partial charge in [-0.05, 0) is 80.0 Å². The number of anilines is 2. The molecule has 1 saturated heterocycles. The van der Waals surface area contributed by atoms with Crippen molar-refractivity contribution in [1.82, 2.24) is 29.0 Å². The van der Waals surface area contributed by atoms with Gasteiger partial charge in [0.05, 0.1) is 23.8 Å². The van der Waals surface area contributed by atoms with E-state index in [1.807, 2.05) is 74.3 Å². The number of hydrogen-bond donors (Lipinski definition) is 1. The van der Waals surface area contributed by atoms with E-state index < -0.39 is 0 Å². The Labute approximate surface area is 210 Å². The average Bonchev–Trinajstić information content (AvgIpc) is 3.66. The van der Waals surface area contributed by atoms with Crippen molar-refractivity contribution >= 4 is 17.2 Å². The topological polar surface area (TPSA) is 72.5 Å². The van der Waals surface area contributed by atoms with Gasteiger partial charge in [-0.25, -0.2) is 9.97 Å². The van der Waals surface area contributed by atoms with Crippen LogP contribution in [-0.2, 0) is 7.05 Å². The molecular formula is C28H29N7O. The number of ether oxygens (including phenoxy) is 1. The molecule has 36 heavy (non-hydrogen) atoms. The largest absolute Gasteiger partial charge is 0.492 e. The van der Waals surface area contributed by atoms with Crippen molar-refractivity contribution in [1.29, 1.82) is 0 Å². The first-order valence-corrected chi connectivity index (χ1v) is 12.4. The molecule has 1 N–H and O–H groups in total. The molecule has 1 aliphatic heterocycles. The minimum Gasteiger partial charge on any atom is -0.492 e. The van der Waals surface area contributed by atoms with Crippen LogP contribution in [0.4, 0.5) is 11.5 Å². The Morgan fingerprint density at radius 1 is 0.972 bits per heavy atom. The van der Waals surface area contributed by atoms with E-state index in [4.69, 9.17) is 9.72 Å². The first-order valence-electron chi connectivity index (χ1n) is 12.4. The van der Waals surface area contributed by atoms with Crippen LogP contribution in [0.3, 0.4) is 0 Å². The summed E-state index contributed by atoms with van der Waals surface area (Å²) in [5.41, 5.74) is 5.77. The molecule has 5 aromatic rings. The first-order chi connectivity index (χ1) is 17.7. The zero-order valence-electron chi connectivity index (χ0n) is 20.3. The van der Waals surface area contributed by atoms with E-state index in [9.17, 15) is 0 Å². The summed E-state index contributed by atoms with van der Waals surface area (Å²) in [6.45, 7) is 4.10. The molecule has 0 bridgehead atoms. The van der Waals surface area contributed by atoms with Crippen LogP contribution < -0.4 is 10.1 Å². The number of aryl methyl sites for hydroxylation is 1. The number of pyridine rings is 2. The number of nitrogens with zero attached hydrogens (tertiary/aromatic N) is 6. The highest BCUT2D eigenvalue weighted by molar-refractivity contribution is 5.70. The number of fused-ring (bicyclic) bond motifs is 1. The fourth-order valence-electron chi connectivity index (χ4n) is 4.65. The number of imidazole rings is 1. The maximum Gasteiger partial charge on any atom is 0.137 e. The normalized spacial score (nSPS) is 13.9. The summed E-state index contributed by atoms with van der Waals surface area (Å²) in [6.07, 6.45) is 10.4. The number of aromatic nitrogens is 5.